The molecular weight excluding hydrogens is 410 g/mol. The Labute approximate surface area is 187 Å². The zero-order chi connectivity index (χ0) is 21.6. The largest absolute Gasteiger partial charge is 0.354 e. The van der Waals surface area contributed by atoms with Gasteiger partial charge in [-0.3, -0.25) is 4.90 Å². The first-order chi connectivity index (χ1) is 15.1. The van der Waals surface area contributed by atoms with Gasteiger partial charge in [-0.25, -0.2) is 9.78 Å². The van der Waals surface area contributed by atoms with E-state index in [0.29, 0.717) is 5.69 Å². The molecule has 0 radical (unpaired) electrons. The SMILES string of the molecule is Cc1ccccc1NC(=O)Nc1ccc(N2CCN(Cc3ccccc3Cl)CC2)nc1. The van der Waals surface area contributed by atoms with Crippen LogP contribution in [0.3, 0.4) is 0 Å². The molecule has 4 rings (SSSR count). The Balaban J connectivity index is 1.28. The van der Waals surface area contributed by atoms with Crippen molar-refractivity contribution in [3.8, 4) is 0 Å². The molecule has 2 N–H and O–H groups in total. The van der Waals surface area contributed by atoms with Crippen LogP contribution in [0.1, 0.15) is 11.1 Å². The number of carbonyl (C=O) groups is 1. The maximum atomic E-state index is 12.3. The van der Waals surface area contributed by atoms with E-state index in [0.717, 1.165) is 60.4 Å². The zero-order valence-corrected chi connectivity index (χ0v) is 18.3. The lowest BCUT2D eigenvalue weighted by Gasteiger charge is -2.35. The van der Waals surface area contributed by atoms with Crippen LogP contribution in [-0.4, -0.2) is 42.1 Å². The molecule has 1 saturated heterocycles. The molecular formula is C24H26ClN5O. The van der Waals surface area contributed by atoms with Gasteiger partial charge in [0.2, 0.25) is 0 Å². The van der Waals surface area contributed by atoms with E-state index in [1.165, 1.54) is 0 Å². The van der Waals surface area contributed by atoms with Gasteiger partial charge in [-0.05, 0) is 42.3 Å². The van der Waals surface area contributed by atoms with Gasteiger partial charge in [-0.15, -0.1) is 0 Å². The highest BCUT2D eigenvalue weighted by Crippen LogP contribution is 2.20. The van der Waals surface area contributed by atoms with Gasteiger partial charge in [-0.2, -0.15) is 0 Å². The third-order valence-corrected chi connectivity index (χ3v) is 5.82. The average Bonchev–Trinajstić information content (AvgIpc) is 2.78. The molecule has 1 aromatic heterocycles. The minimum Gasteiger partial charge on any atom is -0.354 e. The summed E-state index contributed by atoms with van der Waals surface area (Å²) < 4.78 is 0. The predicted molar refractivity (Wildman–Crippen MR) is 127 cm³/mol. The highest BCUT2D eigenvalue weighted by molar-refractivity contribution is 6.31. The minimum atomic E-state index is -0.281. The number of piperazine rings is 1. The molecule has 0 unspecified atom stereocenters. The number of anilines is 3. The first-order valence-corrected chi connectivity index (χ1v) is 10.8. The fourth-order valence-electron chi connectivity index (χ4n) is 3.65. The van der Waals surface area contributed by atoms with Gasteiger partial charge in [0.05, 0.1) is 11.9 Å². The fraction of sp³-hybridized carbons (Fsp3) is 0.250. The van der Waals surface area contributed by atoms with Crippen LogP contribution in [0.5, 0.6) is 0 Å². The van der Waals surface area contributed by atoms with Crippen molar-refractivity contribution < 1.29 is 4.79 Å². The van der Waals surface area contributed by atoms with Crippen LogP contribution in [0.15, 0.2) is 66.9 Å². The smallest absolute Gasteiger partial charge is 0.323 e. The molecule has 0 atom stereocenters. The molecule has 0 aliphatic carbocycles. The van der Waals surface area contributed by atoms with Crippen molar-refractivity contribution in [2.24, 2.45) is 0 Å². The maximum absolute atomic E-state index is 12.3. The van der Waals surface area contributed by atoms with Crippen LogP contribution in [0.4, 0.5) is 22.0 Å². The summed E-state index contributed by atoms with van der Waals surface area (Å²) >= 11 is 6.29. The molecule has 2 amide bonds. The number of para-hydroxylation sites is 1. The summed E-state index contributed by atoms with van der Waals surface area (Å²) in [5.74, 6) is 0.919. The van der Waals surface area contributed by atoms with Crippen LogP contribution in [0.2, 0.25) is 5.02 Å². The van der Waals surface area contributed by atoms with E-state index in [2.05, 4.69) is 31.5 Å². The second-order valence-corrected chi connectivity index (χ2v) is 8.06. The molecule has 3 aromatic rings. The number of rotatable bonds is 5. The van der Waals surface area contributed by atoms with Crippen LogP contribution in [0, 0.1) is 6.92 Å². The number of aryl methyl sites for hydroxylation is 1. The van der Waals surface area contributed by atoms with E-state index in [1.807, 2.05) is 61.5 Å². The van der Waals surface area contributed by atoms with E-state index < -0.39 is 0 Å². The molecule has 0 spiro atoms. The summed E-state index contributed by atoms with van der Waals surface area (Å²) in [6, 6.07) is 19.2. The van der Waals surface area contributed by atoms with E-state index in [-0.39, 0.29) is 6.03 Å². The number of aromatic nitrogens is 1. The van der Waals surface area contributed by atoms with Gasteiger partial charge < -0.3 is 15.5 Å². The first kappa shape index (κ1) is 21.2. The summed E-state index contributed by atoms with van der Waals surface area (Å²) in [7, 11) is 0. The molecule has 31 heavy (non-hydrogen) atoms. The summed E-state index contributed by atoms with van der Waals surface area (Å²) in [6.45, 7) is 6.52. The van der Waals surface area contributed by atoms with E-state index in [1.54, 1.807) is 6.20 Å². The Morgan fingerprint density at radius 2 is 1.71 bits per heavy atom. The third kappa shape index (κ3) is 5.54. The van der Waals surface area contributed by atoms with Crippen LogP contribution in [0.25, 0.3) is 0 Å². The lowest BCUT2D eigenvalue weighted by molar-refractivity contribution is 0.249. The number of amides is 2. The Morgan fingerprint density at radius 1 is 0.968 bits per heavy atom. The predicted octanol–water partition coefficient (Wildman–Crippen LogP) is 5.01. The highest BCUT2D eigenvalue weighted by Gasteiger charge is 2.19. The van der Waals surface area contributed by atoms with Gasteiger partial charge in [0.15, 0.2) is 0 Å². The molecule has 1 aliphatic rings. The van der Waals surface area contributed by atoms with Crippen LogP contribution < -0.4 is 15.5 Å². The Kier molecular flexibility index (Phi) is 6.70. The van der Waals surface area contributed by atoms with E-state index in [9.17, 15) is 4.79 Å². The molecule has 2 aromatic carbocycles. The quantitative estimate of drug-likeness (QED) is 0.591. The Hall–Kier alpha value is -3.09. The molecule has 0 saturated carbocycles. The van der Waals surface area contributed by atoms with Crippen molar-refractivity contribution in [1.82, 2.24) is 9.88 Å². The number of hydrogen-bond donors (Lipinski definition) is 2. The molecule has 1 fully saturated rings. The molecule has 1 aliphatic heterocycles. The Bertz CT molecular complexity index is 1030. The van der Waals surface area contributed by atoms with Crippen molar-refractivity contribution in [1.29, 1.82) is 0 Å². The molecule has 6 nitrogen and oxygen atoms in total. The molecule has 160 valence electrons. The van der Waals surface area contributed by atoms with Crippen molar-refractivity contribution >= 4 is 34.8 Å². The first-order valence-electron chi connectivity index (χ1n) is 10.4. The lowest BCUT2D eigenvalue weighted by Crippen LogP contribution is -2.46. The van der Waals surface area contributed by atoms with Crippen LogP contribution in [-0.2, 0) is 6.54 Å². The number of pyridine rings is 1. The van der Waals surface area contributed by atoms with Crippen molar-refractivity contribution in [2.75, 3.05) is 41.7 Å². The normalized spacial score (nSPS) is 14.3. The van der Waals surface area contributed by atoms with Crippen molar-refractivity contribution in [3.63, 3.8) is 0 Å². The number of hydrogen-bond acceptors (Lipinski definition) is 4. The second kappa shape index (κ2) is 9.81. The van der Waals surface area contributed by atoms with Crippen molar-refractivity contribution in [3.05, 3.63) is 83.0 Å². The Morgan fingerprint density at radius 3 is 2.42 bits per heavy atom. The second-order valence-electron chi connectivity index (χ2n) is 7.65. The van der Waals surface area contributed by atoms with Gasteiger partial charge in [0.25, 0.3) is 0 Å². The van der Waals surface area contributed by atoms with Gasteiger partial charge in [0.1, 0.15) is 5.82 Å². The number of halogens is 1. The summed E-state index contributed by atoms with van der Waals surface area (Å²) in [4.78, 5) is 21.5. The topological polar surface area (TPSA) is 60.5 Å². The van der Waals surface area contributed by atoms with Gasteiger partial charge in [-0.1, -0.05) is 48.0 Å². The molecule has 0 bridgehead atoms. The van der Waals surface area contributed by atoms with E-state index in [4.69, 9.17) is 11.6 Å². The molecule has 2 heterocycles. The summed E-state index contributed by atoms with van der Waals surface area (Å²) in [6.07, 6.45) is 1.70. The number of nitrogens with zero attached hydrogens (tertiary/aromatic N) is 3. The van der Waals surface area contributed by atoms with Gasteiger partial charge >= 0.3 is 6.03 Å². The summed E-state index contributed by atoms with van der Waals surface area (Å²) in [5.41, 5.74) is 3.63. The number of nitrogens with one attached hydrogen (secondary N) is 2. The minimum absolute atomic E-state index is 0.281. The highest BCUT2D eigenvalue weighted by atomic mass is 35.5. The van der Waals surface area contributed by atoms with Gasteiger partial charge in [0, 0.05) is 43.4 Å². The standard InChI is InChI=1S/C24H26ClN5O/c1-18-6-2-5-9-22(18)28-24(31)27-20-10-11-23(26-16-20)30-14-12-29(13-15-30)17-19-7-3-4-8-21(19)25/h2-11,16H,12-15,17H2,1H3,(H2,27,28,31). The fourth-order valence-corrected chi connectivity index (χ4v) is 3.84. The maximum Gasteiger partial charge on any atom is 0.323 e. The lowest BCUT2D eigenvalue weighted by atomic mass is 10.2. The summed E-state index contributed by atoms with van der Waals surface area (Å²) in [5, 5.41) is 6.52. The number of urea groups is 1. The number of carbonyl (C=O) groups excluding carboxylic acids is 1. The number of benzene rings is 2. The zero-order valence-electron chi connectivity index (χ0n) is 17.5. The van der Waals surface area contributed by atoms with E-state index >= 15 is 0 Å². The monoisotopic (exact) mass is 435 g/mol. The van der Waals surface area contributed by atoms with Crippen LogP contribution >= 0.6 is 11.6 Å². The average molecular weight is 436 g/mol. The third-order valence-electron chi connectivity index (χ3n) is 5.45. The molecule has 7 heteroatoms. The van der Waals surface area contributed by atoms with Crippen molar-refractivity contribution in [2.45, 2.75) is 13.5 Å².